The van der Waals surface area contributed by atoms with Gasteiger partial charge in [-0.2, -0.15) is 0 Å². The Morgan fingerprint density at radius 1 is 0.857 bits per heavy atom. The summed E-state index contributed by atoms with van der Waals surface area (Å²) in [6.45, 7) is 13.1. The van der Waals surface area contributed by atoms with Crippen LogP contribution < -0.4 is 11.1 Å². The van der Waals surface area contributed by atoms with Crippen molar-refractivity contribution >= 4 is 18.5 Å². The zero-order valence-corrected chi connectivity index (χ0v) is 19.3. The maximum absolute atomic E-state index is 11.6. The Hall–Kier alpha value is -0.560. The van der Waals surface area contributed by atoms with Gasteiger partial charge < -0.3 is 26.0 Å². The fourth-order valence-corrected chi connectivity index (χ4v) is 5.60. The van der Waals surface area contributed by atoms with Crippen molar-refractivity contribution in [2.24, 2.45) is 16.6 Å². The van der Waals surface area contributed by atoms with Gasteiger partial charge in [0.15, 0.2) is 0 Å². The van der Waals surface area contributed by atoms with Crippen molar-refractivity contribution in [2.75, 3.05) is 0 Å². The van der Waals surface area contributed by atoms with E-state index in [4.69, 9.17) is 10.5 Å². The standard InChI is InChI=1S/C13H23NO3.C8H15NO.ClH/c1-10(2,3)17-9(15)14-13-6-12(7-13,8-13)11(4,5)16;1-6(2,10)7-3-8(9,4-7)5-7;/h16H,6-8H2,1-5H3,(H,14,15);10H,3-5,9H2,1-2H3;1H. The lowest BCUT2D eigenvalue weighted by Crippen LogP contribution is -2.80. The zero-order valence-electron chi connectivity index (χ0n) is 18.4. The van der Waals surface area contributed by atoms with Crippen LogP contribution in [-0.4, -0.2) is 44.2 Å². The summed E-state index contributed by atoms with van der Waals surface area (Å²) in [6.07, 6.45) is 5.34. The van der Waals surface area contributed by atoms with Crippen molar-refractivity contribution in [1.82, 2.24) is 5.32 Å². The van der Waals surface area contributed by atoms with E-state index in [2.05, 4.69) is 5.32 Å². The van der Waals surface area contributed by atoms with Gasteiger partial charge >= 0.3 is 6.09 Å². The predicted octanol–water partition coefficient (Wildman–Crippen LogP) is 3.27. The monoisotopic (exact) mass is 418 g/mol. The van der Waals surface area contributed by atoms with Crippen molar-refractivity contribution in [1.29, 1.82) is 0 Å². The second-order valence-corrected chi connectivity index (χ2v) is 12.0. The maximum Gasteiger partial charge on any atom is 0.408 e. The topological polar surface area (TPSA) is 105 Å². The minimum atomic E-state index is -0.648. The number of aliphatic hydroxyl groups is 2. The number of hydrogen-bond acceptors (Lipinski definition) is 5. The fourth-order valence-electron chi connectivity index (χ4n) is 5.60. The van der Waals surface area contributed by atoms with Gasteiger partial charge in [-0.1, -0.05) is 0 Å². The molecule has 0 aromatic rings. The molecule has 0 saturated heterocycles. The lowest BCUT2D eigenvalue weighted by atomic mass is 9.35. The van der Waals surface area contributed by atoms with Crippen LogP contribution in [-0.2, 0) is 4.74 Å². The van der Waals surface area contributed by atoms with Gasteiger partial charge in [0.05, 0.1) is 11.2 Å². The molecule has 7 heteroatoms. The molecule has 1 amide bonds. The van der Waals surface area contributed by atoms with Crippen molar-refractivity contribution in [3.63, 3.8) is 0 Å². The fraction of sp³-hybridized carbons (Fsp3) is 0.952. The third kappa shape index (κ3) is 3.78. The van der Waals surface area contributed by atoms with Crippen LogP contribution in [0.15, 0.2) is 0 Å². The summed E-state index contributed by atoms with van der Waals surface area (Å²) < 4.78 is 5.24. The average molecular weight is 419 g/mol. The van der Waals surface area contributed by atoms with Crippen LogP contribution in [0.2, 0.25) is 0 Å². The summed E-state index contributed by atoms with van der Waals surface area (Å²) in [5, 5.41) is 22.7. The minimum absolute atomic E-state index is 0. The molecule has 5 N–H and O–H groups in total. The first-order valence-corrected chi connectivity index (χ1v) is 10.1. The van der Waals surface area contributed by atoms with Gasteiger partial charge in [-0.15, -0.1) is 12.4 Å². The normalized spacial score (nSPS) is 40.1. The third-order valence-electron chi connectivity index (χ3n) is 7.46. The van der Waals surface area contributed by atoms with Crippen LogP contribution in [0.1, 0.15) is 87.0 Å². The Labute approximate surface area is 175 Å². The summed E-state index contributed by atoms with van der Waals surface area (Å²) in [4.78, 5) is 11.6. The van der Waals surface area contributed by atoms with Crippen LogP contribution >= 0.6 is 12.4 Å². The molecular formula is C21H39ClN2O4. The maximum atomic E-state index is 11.6. The molecule has 28 heavy (non-hydrogen) atoms. The van der Waals surface area contributed by atoms with Crippen LogP contribution in [0.4, 0.5) is 4.79 Å². The van der Waals surface area contributed by atoms with E-state index in [9.17, 15) is 15.0 Å². The number of rotatable bonds is 3. The molecule has 6 nitrogen and oxygen atoms in total. The molecule has 6 rings (SSSR count). The lowest BCUT2D eigenvalue weighted by Gasteiger charge is -2.74. The second kappa shape index (κ2) is 6.22. The SMILES string of the molecule is CC(C)(C)OC(=O)NC12CC(C(C)(C)O)(C1)C2.CC(C)(O)C12CC(N)(C1)C2.Cl. The van der Waals surface area contributed by atoms with E-state index in [1.54, 1.807) is 0 Å². The van der Waals surface area contributed by atoms with E-state index in [0.717, 1.165) is 38.5 Å². The van der Waals surface area contributed by atoms with Gasteiger partial charge in [0.1, 0.15) is 5.60 Å². The summed E-state index contributed by atoms with van der Waals surface area (Å²) >= 11 is 0. The first-order valence-electron chi connectivity index (χ1n) is 10.1. The van der Waals surface area contributed by atoms with E-state index >= 15 is 0 Å². The molecule has 0 unspecified atom stereocenters. The Bertz CT molecular complexity index is 603. The summed E-state index contributed by atoms with van der Waals surface area (Å²) in [5.74, 6) is 0. The number of carbonyl (C=O) groups excluding carboxylic acids is 1. The van der Waals surface area contributed by atoms with Crippen LogP contribution in [0, 0.1) is 10.8 Å². The first-order chi connectivity index (χ1) is 11.8. The van der Waals surface area contributed by atoms with Crippen molar-refractivity contribution in [2.45, 2.75) is 115 Å². The van der Waals surface area contributed by atoms with E-state index in [1.165, 1.54) is 0 Å². The predicted molar refractivity (Wildman–Crippen MR) is 111 cm³/mol. The quantitative estimate of drug-likeness (QED) is 0.563. The number of hydrogen-bond donors (Lipinski definition) is 4. The van der Waals surface area contributed by atoms with E-state index < -0.39 is 16.8 Å². The van der Waals surface area contributed by atoms with Gasteiger partial charge in [-0.05, 0) is 87.0 Å². The molecule has 4 bridgehead atoms. The molecule has 6 saturated carbocycles. The summed E-state index contributed by atoms with van der Waals surface area (Å²) in [6, 6.07) is 0. The smallest absolute Gasteiger partial charge is 0.408 e. The van der Waals surface area contributed by atoms with Crippen LogP contribution in [0.5, 0.6) is 0 Å². The molecule has 0 aliphatic heterocycles. The van der Waals surface area contributed by atoms with E-state index in [0.29, 0.717) is 0 Å². The molecule has 6 fully saturated rings. The number of nitrogens with two attached hydrogens (primary N) is 1. The molecule has 0 spiro atoms. The number of halogens is 1. The number of ether oxygens (including phenoxy) is 1. The molecule has 164 valence electrons. The minimum Gasteiger partial charge on any atom is -0.444 e. The largest absolute Gasteiger partial charge is 0.444 e. The van der Waals surface area contributed by atoms with Crippen molar-refractivity contribution in [3.05, 3.63) is 0 Å². The number of nitrogens with one attached hydrogen (secondary N) is 1. The van der Waals surface area contributed by atoms with E-state index in [1.807, 2.05) is 48.5 Å². The summed E-state index contributed by atoms with van der Waals surface area (Å²) in [7, 11) is 0. The highest BCUT2D eigenvalue weighted by Gasteiger charge is 2.73. The first kappa shape index (κ1) is 23.7. The molecule has 0 aromatic carbocycles. The van der Waals surface area contributed by atoms with Crippen molar-refractivity contribution < 1.29 is 19.7 Å². The molecule has 6 aliphatic rings. The Balaban J connectivity index is 0.000000217. The molecule has 0 heterocycles. The highest BCUT2D eigenvalue weighted by Crippen LogP contribution is 2.71. The van der Waals surface area contributed by atoms with Crippen LogP contribution in [0.25, 0.3) is 0 Å². The lowest BCUT2D eigenvalue weighted by molar-refractivity contribution is -0.248. The van der Waals surface area contributed by atoms with E-state index in [-0.39, 0.29) is 40.4 Å². The van der Waals surface area contributed by atoms with Gasteiger partial charge in [-0.3, -0.25) is 0 Å². The number of alkyl carbamates (subject to hydrolysis) is 1. The molecule has 0 atom stereocenters. The van der Waals surface area contributed by atoms with Crippen LogP contribution in [0.3, 0.4) is 0 Å². The van der Waals surface area contributed by atoms with Gasteiger partial charge in [0.2, 0.25) is 0 Å². The zero-order chi connectivity index (χ0) is 20.7. The molecule has 0 radical (unpaired) electrons. The van der Waals surface area contributed by atoms with Gasteiger partial charge in [-0.25, -0.2) is 4.79 Å². The van der Waals surface area contributed by atoms with Gasteiger partial charge in [0.25, 0.3) is 0 Å². The average Bonchev–Trinajstić information content (AvgIpc) is 2.22. The van der Waals surface area contributed by atoms with Gasteiger partial charge in [0, 0.05) is 21.9 Å². The highest BCUT2D eigenvalue weighted by molar-refractivity contribution is 5.85. The Kier molecular flexibility index (Phi) is 5.27. The highest BCUT2D eigenvalue weighted by atomic mass is 35.5. The molecular weight excluding hydrogens is 380 g/mol. The Morgan fingerprint density at radius 3 is 1.46 bits per heavy atom. The number of amides is 1. The third-order valence-corrected chi connectivity index (χ3v) is 7.46. The number of carbonyl (C=O) groups is 1. The second-order valence-electron chi connectivity index (χ2n) is 12.0. The summed E-state index contributed by atoms with van der Waals surface area (Å²) in [5.41, 5.74) is 4.48. The molecule has 0 aromatic heterocycles. The Morgan fingerprint density at radius 2 is 1.21 bits per heavy atom. The van der Waals surface area contributed by atoms with Crippen molar-refractivity contribution in [3.8, 4) is 0 Å². The molecule has 6 aliphatic carbocycles.